The van der Waals surface area contributed by atoms with Crippen molar-refractivity contribution in [2.75, 3.05) is 20.8 Å². The molecular weight excluding hydrogens is 362 g/mol. The van der Waals surface area contributed by atoms with Gasteiger partial charge in [0, 0.05) is 25.0 Å². The van der Waals surface area contributed by atoms with Gasteiger partial charge in [-0.2, -0.15) is 0 Å². The summed E-state index contributed by atoms with van der Waals surface area (Å²) in [5.41, 5.74) is -0.479. The summed E-state index contributed by atoms with van der Waals surface area (Å²) >= 11 is 0. The standard InChI is InChI=1S/C21H27NO6/c1-4-28-19(24)12-21(20(25)27-3)17-9-8-15(11-18(21)23)22(17)13-14-6-5-7-16(10-14)26-2/h5-7,10,15,17H,4,8-9,11-13H2,1-3H3/t15-,17-,21+/m1/s1. The smallest absolute Gasteiger partial charge is 0.321 e. The largest absolute Gasteiger partial charge is 0.497 e. The first-order valence-corrected chi connectivity index (χ1v) is 9.62. The van der Waals surface area contributed by atoms with Crippen molar-refractivity contribution in [3.8, 4) is 5.75 Å². The Morgan fingerprint density at radius 1 is 1.25 bits per heavy atom. The van der Waals surface area contributed by atoms with Gasteiger partial charge >= 0.3 is 11.9 Å². The van der Waals surface area contributed by atoms with Crippen molar-refractivity contribution in [3.63, 3.8) is 0 Å². The molecule has 0 spiro atoms. The third-order valence-electron chi connectivity index (χ3n) is 5.91. The zero-order valence-electron chi connectivity index (χ0n) is 16.6. The number of fused-ring (bicyclic) bond motifs is 2. The van der Waals surface area contributed by atoms with Gasteiger partial charge in [-0.1, -0.05) is 12.1 Å². The molecular formula is C21H27NO6. The van der Waals surface area contributed by atoms with Gasteiger partial charge in [0.25, 0.3) is 0 Å². The first-order chi connectivity index (χ1) is 13.5. The second kappa shape index (κ2) is 8.31. The van der Waals surface area contributed by atoms with E-state index in [1.54, 1.807) is 14.0 Å². The Bertz CT molecular complexity index is 763. The number of methoxy groups -OCH3 is 2. The first-order valence-electron chi connectivity index (χ1n) is 9.62. The Kier molecular flexibility index (Phi) is 6.03. The second-order valence-electron chi connectivity index (χ2n) is 7.34. The van der Waals surface area contributed by atoms with Gasteiger partial charge in [0.05, 0.1) is 27.2 Å². The normalized spacial score (nSPS) is 26.8. The van der Waals surface area contributed by atoms with Crippen LogP contribution in [0, 0.1) is 5.41 Å². The van der Waals surface area contributed by atoms with E-state index in [1.807, 2.05) is 24.3 Å². The van der Waals surface area contributed by atoms with Gasteiger partial charge in [-0.05, 0) is 37.5 Å². The monoisotopic (exact) mass is 389 g/mol. The maximum atomic E-state index is 13.1. The Labute approximate surface area is 164 Å². The maximum absolute atomic E-state index is 13.1. The first kappa shape index (κ1) is 20.3. The number of piperidine rings is 1. The van der Waals surface area contributed by atoms with Gasteiger partial charge in [-0.3, -0.25) is 19.3 Å². The van der Waals surface area contributed by atoms with E-state index < -0.39 is 17.4 Å². The number of hydrogen-bond donors (Lipinski definition) is 0. The van der Waals surface area contributed by atoms with Crippen molar-refractivity contribution in [1.82, 2.24) is 4.90 Å². The molecule has 2 bridgehead atoms. The lowest BCUT2D eigenvalue weighted by Crippen LogP contribution is -2.61. The van der Waals surface area contributed by atoms with Gasteiger partial charge in [0.1, 0.15) is 5.75 Å². The number of ether oxygens (including phenoxy) is 3. The minimum absolute atomic E-state index is 0.0590. The summed E-state index contributed by atoms with van der Waals surface area (Å²) in [5.74, 6) is -0.662. The molecule has 3 atom stereocenters. The van der Waals surface area contributed by atoms with Crippen LogP contribution in [0.2, 0.25) is 0 Å². The van der Waals surface area contributed by atoms with Crippen molar-refractivity contribution in [1.29, 1.82) is 0 Å². The van der Waals surface area contributed by atoms with E-state index in [9.17, 15) is 14.4 Å². The molecule has 28 heavy (non-hydrogen) atoms. The lowest BCUT2D eigenvalue weighted by molar-refractivity contribution is -0.173. The topological polar surface area (TPSA) is 82.1 Å². The summed E-state index contributed by atoms with van der Waals surface area (Å²) in [6, 6.07) is 7.39. The molecule has 2 fully saturated rings. The highest BCUT2D eigenvalue weighted by atomic mass is 16.5. The number of esters is 2. The highest BCUT2D eigenvalue weighted by Gasteiger charge is 2.62. The molecule has 2 aliphatic rings. The summed E-state index contributed by atoms with van der Waals surface area (Å²) in [5, 5.41) is 0. The minimum atomic E-state index is -1.51. The van der Waals surface area contributed by atoms with Gasteiger partial charge in [0.2, 0.25) is 0 Å². The summed E-state index contributed by atoms with van der Waals surface area (Å²) in [7, 11) is 2.87. The summed E-state index contributed by atoms with van der Waals surface area (Å²) in [4.78, 5) is 40.3. The van der Waals surface area contributed by atoms with E-state index in [2.05, 4.69) is 4.90 Å². The van der Waals surface area contributed by atoms with Crippen LogP contribution in [0.4, 0.5) is 0 Å². The third-order valence-corrected chi connectivity index (χ3v) is 5.91. The molecule has 7 heteroatoms. The summed E-state index contributed by atoms with van der Waals surface area (Å²) in [6.45, 7) is 2.47. The van der Waals surface area contributed by atoms with E-state index >= 15 is 0 Å². The Hall–Kier alpha value is -2.41. The molecule has 0 saturated carbocycles. The highest BCUT2D eigenvalue weighted by Crippen LogP contribution is 2.48. The SMILES string of the molecule is CCOC(=O)C[C@@]1(C(=O)OC)C(=O)C[C@H]2CC[C@H]1N2Cc1cccc(OC)c1. The average molecular weight is 389 g/mol. The quantitative estimate of drug-likeness (QED) is 0.522. The van der Waals surface area contributed by atoms with E-state index in [4.69, 9.17) is 14.2 Å². The molecule has 3 rings (SSSR count). The highest BCUT2D eigenvalue weighted by molar-refractivity contribution is 6.08. The second-order valence-corrected chi connectivity index (χ2v) is 7.34. The van der Waals surface area contributed by atoms with Crippen molar-refractivity contribution >= 4 is 17.7 Å². The molecule has 0 amide bonds. The fourth-order valence-electron chi connectivity index (χ4n) is 4.65. The van der Waals surface area contributed by atoms with Crippen molar-refractivity contribution in [3.05, 3.63) is 29.8 Å². The molecule has 2 aliphatic heterocycles. The van der Waals surface area contributed by atoms with Crippen LogP contribution in [0.1, 0.15) is 38.2 Å². The molecule has 0 radical (unpaired) electrons. The van der Waals surface area contributed by atoms with Gasteiger partial charge < -0.3 is 14.2 Å². The molecule has 152 valence electrons. The molecule has 1 aromatic carbocycles. The van der Waals surface area contributed by atoms with E-state index in [1.165, 1.54) is 7.11 Å². The van der Waals surface area contributed by atoms with E-state index in [-0.39, 0.29) is 37.3 Å². The molecule has 0 aliphatic carbocycles. The van der Waals surface area contributed by atoms with E-state index in [0.29, 0.717) is 13.0 Å². The van der Waals surface area contributed by atoms with Crippen LogP contribution in [-0.2, 0) is 30.4 Å². The average Bonchev–Trinajstić information content (AvgIpc) is 3.00. The molecule has 1 aromatic rings. The Morgan fingerprint density at radius 2 is 2.04 bits per heavy atom. The Morgan fingerprint density at radius 3 is 2.71 bits per heavy atom. The zero-order chi connectivity index (χ0) is 20.3. The summed E-state index contributed by atoms with van der Waals surface area (Å²) < 4.78 is 15.4. The van der Waals surface area contributed by atoms with Crippen molar-refractivity contribution in [2.45, 2.75) is 51.2 Å². The lowest BCUT2D eigenvalue weighted by Gasteiger charge is -2.45. The number of hydrogen-bond acceptors (Lipinski definition) is 7. The predicted octanol–water partition coefficient (Wildman–Crippen LogP) is 2.11. The number of nitrogens with zero attached hydrogens (tertiary/aromatic N) is 1. The molecule has 2 heterocycles. The number of carbonyl (C=O) groups excluding carboxylic acids is 3. The van der Waals surface area contributed by atoms with Crippen LogP contribution < -0.4 is 4.74 Å². The van der Waals surface area contributed by atoms with Crippen molar-refractivity contribution in [2.24, 2.45) is 5.41 Å². The van der Waals surface area contributed by atoms with Crippen LogP contribution in [0.3, 0.4) is 0 Å². The fourth-order valence-corrected chi connectivity index (χ4v) is 4.65. The lowest BCUT2D eigenvalue weighted by atomic mass is 9.70. The fraction of sp³-hybridized carbons (Fsp3) is 0.571. The van der Waals surface area contributed by atoms with Crippen LogP contribution >= 0.6 is 0 Å². The summed E-state index contributed by atoms with van der Waals surface area (Å²) in [6.07, 6.45) is 1.42. The van der Waals surface area contributed by atoms with Gasteiger partial charge in [0.15, 0.2) is 11.2 Å². The number of ketones is 1. The molecule has 2 saturated heterocycles. The van der Waals surface area contributed by atoms with Crippen molar-refractivity contribution < 1.29 is 28.6 Å². The van der Waals surface area contributed by atoms with Crippen LogP contribution in [0.25, 0.3) is 0 Å². The minimum Gasteiger partial charge on any atom is -0.497 e. The van der Waals surface area contributed by atoms with Gasteiger partial charge in [-0.15, -0.1) is 0 Å². The number of benzene rings is 1. The van der Waals surface area contributed by atoms with Crippen LogP contribution in [-0.4, -0.2) is 55.5 Å². The number of Topliss-reactive ketones (excluding diaryl/α,β-unsaturated/α-hetero) is 1. The predicted molar refractivity (Wildman–Crippen MR) is 101 cm³/mol. The molecule has 0 N–H and O–H groups in total. The van der Waals surface area contributed by atoms with E-state index in [0.717, 1.165) is 17.7 Å². The molecule has 0 aromatic heterocycles. The van der Waals surface area contributed by atoms with Crippen LogP contribution in [0.5, 0.6) is 5.75 Å². The maximum Gasteiger partial charge on any atom is 0.321 e. The number of rotatable bonds is 7. The van der Waals surface area contributed by atoms with Gasteiger partial charge in [-0.25, -0.2) is 0 Å². The third kappa shape index (κ3) is 3.51. The zero-order valence-corrected chi connectivity index (χ0v) is 16.6. The Balaban J connectivity index is 1.94. The van der Waals surface area contributed by atoms with Crippen LogP contribution in [0.15, 0.2) is 24.3 Å². The molecule has 0 unspecified atom stereocenters. The number of carbonyl (C=O) groups is 3. The molecule has 7 nitrogen and oxygen atoms in total.